The predicted molar refractivity (Wildman–Crippen MR) is 78.4 cm³/mol. The molecular weight excluding hydrogens is 288 g/mol. The Kier molecular flexibility index (Phi) is 3.70. The third-order valence-electron chi connectivity index (χ3n) is 3.38. The van der Waals surface area contributed by atoms with E-state index in [0.717, 1.165) is 17.7 Å². The Morgan fingerprint density at radius 2 is 2.19 bits per heavy atom. The highest BCUT2D eigenvalue weighted by molar-refractivity contribution is 7.09. The van der Waals surface area contributed by atoms with Crippen molar-refractivity contribution in [2.45, 2.75) is 25.4 Å². The van der Waals surface area contributed by atoms with E-state index in [4.69, 9.17) is 5.11 Å². The van der Waals surface area contributed by atoms with Crippen LogP contribution in [-0.2, 0) is 6.54 Å². The zero-order valence-electron chi connectivity index (χ0n) is 11.2. The van der Waals surface area contributed by atoms with Crippen molar-refractivity contribution in [3.63, 3.8) is 0 Å². The fourth-order valence-corrected chi connectivity index (χ4v) is 2.85. The molecule has 1 fully saturated rings. The van der Waals surface area contributed by atoms with Gasteiger partial charge in [0.2, 0.25) is 0 Å². The number of hydrogen-bond acceptors (Lipinski definition) is 4. The van der Waals surface area contributed by atoms with Gasteiger partial charge in [-0.15, -0.1) is 11.3 Å². The van der Waals surface area contributed by atoms with Gasteiger partial charge in [-0.25, -0.2) is 4.79 Å². The maximum absolute atomic E-state index is 12.6. The van der Waals surface area contributed by atoms with Crippen molar-refractivity contribution in [3.8, 4) is 0 Å². The fraction of sp³-hybridized carbons (Fsp3) is 0.267. The number of carbonyl (C=O) groups is 2. The first-order valence-corrected chi connectivity index (χ1v) is 7.56. The lowest BCUT2D eigenvalue weighted by atomic mass is 10.2. The molecule has 6 heteroatoms. The van der Waals surface area contributed by atoms with E-state index in [2.05, 4.69) is 4.98 Å². The number of nitrogens with zero attached hydrogens (tertiary/aromatic N) is 2. The summed E-state index contributed by atoms with van der Waals surface area (Å²) >= 11 is 1.61. The van der Waals surface area contributed by atoms with Gasteiger partial charge in [0.15, 0.2) is 0 Å². The molecule has 0 saturated heterocycles. The van der Waals surface area contributed by atoms with Crippen molar-refractivity contribution in [1.29, 1.82) is 0 Å². The van der Waals surface area contributed by atoms with E-state index in [1.165, 1.54) is 18.3 Å². The van der Waals surface area contributed by atoms with Crippen LogP contribution in [0.3, 0.4) is 0 Å². The van der Waals surface area contributed by atoms with Gasteiger partial charge in [-0.3, -0.25) is 9.78 Å². The van der Waals surface area contributed by atoms with Gasteiger partial charge >= 0.3 is 5.97 Å². The number of pyridine rings is 1. The minimum atomic E-state index is -1.05. The molecule has 0 radical (unpaired) electrons. The topological polar surface area (TPSA) is 70.5 Å². The predicted octanol–water partition coefficient (Wildman–Crippen LogP) is 2.65. The van der Waals surface area contributed by atoms with Crippen LogP contribution in [0.2, 0.25) is 0 Å². The molecule has 2 aromatic rings. The summed E-state index contributed by atoms with van der Waals surface area (Å²) < 4.78 is 0. The second-order valence-electron chi connectivity index (χ2n) is 4.98. The van der Waals surface area contributed by atoms with Crippen LogP contribution in [-0.4, -0.2) is 32.9 Å². The molecular formula is C15H14N2O3S. The van der Waals surface area contributed by atoms with E-state index in [-0.39, 0.29) is 23.2 Å². The number of amides is 1. The number of carboxylic acid groups (broad SMARTS) is 1. The first kappa shape index (κ1) is 13.8. The van der Waals surface area contributed by atoms with Gasteiger partial charge in [0.05, 0.1) is 12.1 Å². The second kappa shape index (κ2) is 5.65. The molecule has 2 heterocycles. The monoisotopic (exact) mass is 302 g/mol. The van der Waals surface area contributed by atoms with Crippen molar-refractivity contribution < 1.29 is 14.7 Å². The highest BCUT2D eigenvalue weighted by Crippen LogP contribution is 2.30. The Morgan fingerprint density at radius 3 is 2.81 bits per heavy atom. The molecule has 108 valence electrons. The molecule has 1 N–H and O–H groups in total. The van der Waals surface area contributed by atoms with Gasteiger partial charge < -0.3 is 10.0 Å². The molecule has 2 aromatic heterocycles. The number of aromatic nitrogens is 1. The minimum Gasteiger partial charge on any atom is -0.478 e. The molecule has 0 atom stereocenters. The maximum atomic E-state index is 12.6. The Bertz CT molecular complexity index is 665. The zero-order valence-corrected chi connectivity index (χ0v) is 12.0. The third kappa shape index (κ3) is 3.11. The van der Waals surface area contributed by atoms with E-state index in [1.807, 2.05) is 17.5 Å². The molecule has 1 aliphatic rings. The van der Waals surface area contributed by atoms with Crippen molar-refractivity contribution in [2.75, 3.05) is 0 Å². The first-order chi connectivity index (χ1) is 10.1. The summed E-state index contributed by atoms with van der Waals surface area (Å²) in [6.07, 6.45) is 3.36. The van der Waals surface area contributed by atoms with Crippen LogP contribution >= 0.6 is 11.3 Å². The SMILES string of the molecule is O=C(O)c1ccnc(C(=O)N(Cc2cccs2)C2CC2)c1. The van der Waals surface area contributed by atoms with E-state index < -0.39 is 5.97 Å². The lowest BCUT2D eigenvalue weighted by molar-refractivity contribution is 0.0696. The van der Waals surface area contributed by atoms with Crippen LogP contribution in [0.15, 0.2) is 35.8 Å². The normalized spacial score (nSPS) is 13.9. The number of hydrogen-bond donors (Lipinski definition) is 1. The summed E-state index contributed by atoms with van der Waals surface area (Å²) in [4.78, 5) is 30.5. The molecule has 1 saturated carbocycles. The van der Waals surface area contributed by atoms with Gasteiger partial charge in [-0.2, -0.15) is 0 Å². The molecule has 5 nitrogen and oxygen atoms in total. The average molecular weight is 302 g/mol. The standard InChI is InChI=1S/C15H14N2O3S/c18-14(13-8-10(15(19)20)5-6-16-13)17(11-3-4-11)9-12-2-1-7-21-12/h1-2,5-8,11H,3-4,9H2,(H,19,20). The third-order valence-corrected chi connectivity index (χ3v) is 4.24. The van der Waals surface area contributed by atoms with Gasteiger partial charge in [0.25, 0.3) is 5.91 Å². The summed E-state index contributed by atoms with van der Waals surface area (Å²) in [6, 6.07) is 6.93. The molecule has 0 aliphatic heterocycles. The van der Waals surface area contributed by atoms with Crippen LogP contribution in [0.25, 0.3) is 0 Å². The Hall–Kier alpha value is -2.21. The number of rotatable bonds is 5. The smallest absolute Gasteiger partial charge is 0.335 e. The van der Waals surface area contributed by atoms with Crippen LogP contribution in [0, 0.1) is 0 Å². The summed E-state index contributed by atoms with van der Waals surface area (Å²) in [6.45, 7) is 0.556. The van der Waals surface area contributed by atoms with Crippen molar-refractivity contribution >= 4 is 23.2 Å². The summed E-state index contributed by atoms with van der Waals surface area (Å²) in [7, 11) is 0. The Morgan fingerprint density at radius 1 is 1.38 bits per heavy atom. The van der Waals surface area contributed by atoms with Crippen LogP contribution in [0.4, 0.5) is 0 Å². The molecule has 1 aliphatic carbocycles. The Balaban J connectivity index is 1.84. The molecule has 0 spiro atoms. The highest BCUT2D eigenvalue weighted by Gasteiger charge is 2.33. The first-order valence-electron chi connectivity index (χ1n) is 6.68. The average Bonchev–Trinajstić information content (AvgIpc) is 3.20. The molecule has 0 aromatic carbocycles. The number of carboxylic acids is 1. The number of carbonyl (C=O) groups excluding carboxylic acids is 1. The summed E-state index contributed by atoms with van der Waals surface area (Å²) in [5.41, 5.74) is 0.276. The van der Waals surface area contributed by atoms with Crippen molar-refractivity contribution in [3.05, 3.63) is 52.0 Å². The minimum absolute atomic E-state index is 0.0835. The van der Waals surface area contributed by atoms with Gasteiger partial charge in [0, 0.05) is 17.1 Å². The lowest BCUT2D eigenvalue weighted by Gasteiger charge is -2.21. The molecule has 3 rings (SSSR count). The highest BCUT2D eigenvalue weighted by atomic mass is 32.1. The van der Waals surface area contributed by atoms with Crippen molar-refractivity contribution in [2.24, 2.45) is 0 Å². The van der Waals surface area contributed by atoms with Crippen LogP contribution in [0.1, 0.15) is 38.6 Å². The van der Waals surface area contributed by atoms with Crippen LogP contribution < -0.4 is 0 Å². The lowest BCUT2D eigenvalue weighted by Crippen LogP contribution is -2.33. The van der Waals surface area contributed by atoms with Gasteiger partial charge in [-0.05, 0) is 36.4 Å². The second-order valence-corrected chi connectivity index (χ2v) is 6.01. The maximum Gasteiger partial charge on any atom is 0.335 e. The van der Waals surface area contributed by atoms with E-state index in [9.17, 15) is 9.59 Å². The van der Waals surface area contributed by atoms with E-state index in [0.29, 0.717) is 6.54 Å². The fourth-order valence-electron chi connectivity index (χ4n) is 2.15. The summed E-state index contributed by atoms with van der Waals surface area (Å²) in [5, 5.41) is 11.0. The largest absolute Gasteiger partial charge is 0.478 e. The molecule has 0 unspecified atom stereocenters. The van der Waals surface area contributed by atoms with Crippen LogP contribution in [0.5, 0.6) is 0 Å². The van der Waals surface area contributed by atoms with Gasteiger partial charge in [0.1, 0.15) is 5.69 Å². The quantitative estimate of drug-likeness (QED) is 0.921. The number of thiophene rings is 1. The van der Waals surface area contributed by atoms with E-state index in [1.54, 1.807) is 16.2 Å². The molecule has 0 bridgehead atoms. The Labute approximate surface area is 125 Å². The van der Waals surface area contributed by atoms with Crippen molar-refractivity contribution in [1.82, 2.24) is 9.88 Å². The van der Waals surface area contributed by atoms with Gasteiger partial charge in [-0.1, -0.05) is 6.07 Å². The van der Waals surface area contributed by atoms with E-state index >= 15 is 0 Å². The summed E-state index contributed by atoms with van der Waals surface area (Å²) in [5.74, 6) is -1.25. The zero-order chi connectivity index (χ0) is 14.8. The molecule has 1 amide bonds. The number of aromatic carboxylic acids is 1. The molecule has 21 heavy (non-hydrogen) atoms.